The van der Waals surface area contributed by atoms with E-state index in [4.69, 9.17) is 10.8 Å². The van der Waals surface area contributed by atoms with Crippen molar-refractivity contribution >= 4 is 0 Å². The normalized spacial score (nSPS) is 15.1. The summed E-state index contributed by atoms with van der Waals surface area (Å²) in [5.41, 5.74) is 5.62. The van der Waals surface area contributed by atoms with Crippen molar-refractivity contribution in [1.29, 1.82) is 0 Å². The second-order valence-electron chi connectivity index (χ2n) is 3.07. The van der Waals surface area contributed by atoms with Gasteiger partial charge in [0.05, 0.1) is 12.3 Å². The van der Waals surface area contributed by atoms with Crippen LogP contribution in [0.2, 0.25) is 0 Å². The first-order valence-electron chi connectivity index (χ1n) is 4.35. The molecular formula is C9H14N2O3. The summed E-state index contributed by atoms with van der Waals surface area (Å²) in [5.74, 6) is -0.0403. The molecule has 2 atom stereocenters. The molecule has 5 heteroatoms. The highest BCUT2D eigenvalue weighted by atomic mass is 16.3. The smallest absolute Gasteiger partial charge is 0.134 e. The minimum absolute atomic E-state index is 0.0403. The summed E-state index contributed by atoms with van der Waals surface area (Å²) in [6, 6.07) is 1.36. The Bertz CT molecular complexity index is 293. The van der Waals surface area contributed by atoms with Crippen molar-refractivity contribution in [2.45, 2.75) is 18.6 Å². The Morgan fingerprint density at radius 1 is 1.36 bits per heavy atom. The number of hydrogen-bond acceptors (Lipinski definition) is 5. The van der Waals surface area contributed by atoms with Crippen LogP contribution in [0.3, 0.4) is 0 Å². The fourth-order valence-corrected chi connectivity index (χ4v) is 1.16. The van der Waals surface area contributed by atoms with Crippen molar-refractivity contribution in [1.82, 2.24) is 4.98 Å². The molecule has 0 fully saturated rings. The molecule has 2 unspecified atom stereocenters. The average molecular weight is 198 g/mol. The third-order valence-electron chi connectivity index (χ3n) is 1.91. The van der Waals surface area contributed by atoms with E-state index >= 15 is 0 Å². The Labute approximate surface area is 81.8 Å². The molecule has 5 nitrogen and oxygen atoms in total. The van der Waals surface area contributed by atoms with Crippen LogP contribution in [0.5, 0.6) is 5.75 Å². The number of aliphatic hydroxyl groups is 2. The summed E-state index contributed by atoms with van der Waals surface area (Å²) < 4.78 is 0. The largest absolute Gasteiger partial charge is 0.506 e. The van der Waals surface area contributed by atoms with E-state index in [1.54, 1.807) is 0 Å². The van der Waals surface area contributed by atoms with E-state index < -0.39 is 12.2 Å². The molecule has 0 saturated heterocycles. The molecule has 0 aromatic carbocycles. The molecule has 14 heavy (non-hydrogen) atoms. The van der Waals surface area contributed by atoms with Gasteiger partial charge < -0.3 is 21.1 Å². The Balaban J connectivity index is 2.73. The third kappa shape index (κ3) is 2.66. The predicted molar refractivity (Wildman–Crippen MR) is 50.5 cm³/mol. The molecule has 1 rings (SSSR count). The van der Waals surface area contributed by atoms with E-state index in [0.29, 0.717) is 18.5 Å². The number of nitrogens with two attached hydrogens (primary N) is 1. The van der Waals surface area contributed by atoms with Crippen LogP contribution in [0.25, 0.3) is 0 Å². The van der Waals surface area contributed by atoms with Crippen LogP contribution in [0.15, 0.2) is 18.5 Å². The molecule has 78 valence electrons. The first kappa shape index (κ1) is 10.9. The van der Waals surface area contributed by atoms with Crippen LogP contribution in [0.4, 0.5) is 0 Å². The van der Waals surface area contributed by atoms with E-state index in [1.165, 1.54) is 18.5 Å². The molecule has 1 aromatic rings. The highest BCUT2D eigenvalue weighted by Crippen LogP contribution is 2.20. The van der Waals surface area contributed by atoms with Crippen molar-refractivity contribution in [2.24, 2.45) is 5.73 Å². The second-order valence-corrected chi connectivity index (χ2v) is 3.07. The van der Waals surface area contributed by atoms with Gasteiger partial charge in [0, 0.05) is 11.8 Å². The number of aliphatic hydroxyl groups excluding tert-OH is 2. The molecule has 1 heterocycles. The fourth-order valence-electron chi connectivity index (χ4n) is 1.16. The molecular weight excluding hydrogens is 184 g/mol. The van der Waals surface area contributed by atoms with Gasteiger partial charge in [-0.1, -0.05) is 0 Å². The van der Waals surface area contributed by atoms with Crippen LogP contribution in [0, 0.1) is 0 Å². The van der Waals surface area contributed by atoms with Crippen molar-refractivity contribution in [3.63, 3.8) is 0 Å². The molecule has 0 aliphatic rings. The first-order chi connectivity index (χ1) is 6.65. The zero-order chi connectivity index (χ0) is 10.6. The Hall–Kier alpha value is -1.17. The standard InChI is InChI=1S/C9H14N2O3/c10-2-1-8(13)9(14)6-3-7(12)5-11-4-6/h3-5,8-9,12-14H,1-2,10H2. The van der Waals surface area contributed by atoms with Gasteiger partial charge in [0.15, 0.2) is 0 Å². The summed E-state index contributed by atoms with van der Waals surface area (Å²) in [4.78, 5) is 3.70. The number of aromatic nitrogens is 1. The molecule has 0 aliphatic carbocycles. The van der Waals surface area contributed by atoms with Crippen molar-refractivity contribution in [3.05, 3.63) is 24.0 Å². The molecule has 0 saturated carbocycles. The van der Waals surface area contributed by atoms with Gasteiger partial charge in [0.25, 0.3) is 0 Å². The monoisotopic (exact) mass is 198 g/mol. The van der Waals surface area contributed by atoms with Crippen LogP contribution >= 0.6 is 0 Å². The maximum Gasteiger partial charge on any atom is 0.134 e. The summed E-state index contributed by atoms with van der Waals surface area (Å²) >= 11 is 0. The fraction of sp³-hybridized carbons (Fsp3) is 0.444. The molecule has 5 N–H and O–H groups in total. The number of pyridine rings is 1. The Morgan fingerprint density at radius 3 is 2.64 bits per heavy atom. The predicted octanol–water partition coefficient (Wildman–Crippen LogP) is -0.470. The molecule has 0 bridgehead atoms. The van der Waals surface area contributed by atoms with Crippen LogP contribution in [-0.2, 0) is 0 Å². The quantitative estimate of drug-likeness (QED) is 0.524. The average Bonchev–Trinajstić information content (AvgIpc) is 2.17. The SMILES string of the molecule is NCCC(O)C(O)c1cncc(O)c1. The Morgan fingerprint density at radius 2 is 2.07 bits per heavy atom. The number of aromatic hydroxyl groups is 1. The molecule has 0 aliphatic heterocycles. The van der Waals surface area contributed by atoms with Crippen molar-refractivity contribution < 1.29 is 15.3 Å². The van der Waals surface area contributed by atoms with Crippen LogP contribution in [0.1, 0.15) is 18.1 Å². The lowest BCUT2D eigenvalue weighted by atomic mass is 10.0. The van der Waals surface area contributed by atoms with Gasteiger partial charge in [0.2, 0.25) is 0 Å². The third-order valence-corrected chi connectivity index (χ3v) is 1.91. The van der Waals surface area contributed by atoms with Gasteiger partial charge >= 0.3 is 0 Å². The molecule has 1 aromatic heterocycles. The van der Waals surface area contributed by atoms with Crippen molar-refractivity contribution in [3.8, 4) is 5.75 Å². The highest BCUT2D eigenvalue weighted by molar-refractivity contribution is 5.24. The van der Waals surface area contributed by atoms with Gasteiger partial charge in [-0.05, 0) is 19.0 Å². The molecule has 0 spiro atoms. The minimum atomic E-state index is -1.06. The van der Waals surface area contributed by atoms with E-state index in [2.05, 4.69) is 4.98 Å². The van der Waals surface area contributed by atoms with E-state index in [1.807, 2.05) is 0 Å². The lowest BCUT2D eigenvalue weighted by Gasteiger charge is -2.16. The topological polar surface area (TPSA) is 99.6 Å². The van der Waals surface area contributed by atoms with E-state index in [0.717, 1.165) is 0 Å². The van der Waals surface area contributed by atoms with Crippen LogP contribution in [-0.4, -0.2) is 33.0 Å². The highest BCUT2D eigenvalue weighted by Gasteiger charge is 2.17. The minimum Gasteiger partial charge on any atom is -0.506 e. The lowest BCUT2D eigenvalue weighted by Crippen LogP contribution is -2.21. The number of hydrogen-bond donors (Lipinski definition) is 4. The maximum atomic E-state index is 9.59. The summed E-state index contributed by atoms with van der Waals surface area (Å²) in [5, 5.41) is 28.1. The lowest BCUT2D eigenvalue weighted by molar-refractivity contribution is 0.0147. The van der Waals surface area contributed by atoms with E-state index in [-0.39, 0.29) is 5.75 Å². The second kappa shape index (κ2) is 4.90. The molecule has 0 radical (unpaired) electrons. The number of rotatable bonds is 4. The van der Waals surface area contributed by atoms with Gasteiger partial charge in [-0.2, -0.15) is 0 Å². The van der Waals surface area contributed by atoms with Gasteiger partial charge in [-0.3, -0.25) is 4.98 Å². The van der Waals surface area contributed by atoms with Gasteiger partial charge in [-0.15, -0.1) is 0 Å². The van der Waals surface area contributed by atoms with E-state index in [9.17, 15) is 10.2 Å². The van der Waals surface area contributed by atoms with Gasteiger partial charge in [-0.25, -0.2) is 0 Å². The summed E-state index contributed by atoms with van der Waals surface area (Å²) in [6.45, 7) is 0.296. The van der Waals surface area contributed by atoms with Crippen LogP contribution < -0.4 is 5.73 Å². The first-order valence-corrected chi connectivity index (χ1v) is 4.35. The maximum absolute atomic E-state index is 9.59. The zero-order valence-corrected chi connectivity index (χ0v) is 7.67. The zero-order valence-electron chi connectivity index (χ0n) is 7.67. The number of nitrogens with zero attached hydrogens (tertiary/aromatic N) is 1. The summed E-state index contributed by atoms with van der Waals surface area (Å²) in [7, 11) is 0. The molecule has 0 amide bonds. The Kier molecular flexibility index (Phi) is 3.82. The summed E-state index contributed by atoms with van der Waals surface area (Å²) in [6.07, 6.45) is 0.966. The van der Waals surface area contributed by atoms with Gasteiger partial charge in [0.1, 0.15) is 11.9 Å². The van der Waals surface area contributed by atoms with Crippen molar-refractivity contribution in [2.75, 3.05) is 6.54 Å².